The van der Waals surface area contributed by atoms with Gasteiger partial charge in [-0.3, -0.25) is 0 Å². The number of aliphatic hydroxyl groups is 2. The van der Waals surface area contributed by atoms with E-state index < -0.39 is 10.0 Å². The van der Waals surface area contributed by atoms with Crippen LogP contribution in [0.5, 0.6) is 0 Å². The van der Waals surface area contributed by atoms with Crippen molar-refractivity contribution in [3.05, 3.63) is 12.0 Å². The maximum Gasteiger partial charge on any atom is 0.260 e. The third-order valence-electron chi connectivity index (χ3n) is 2.26. The number of nitrogens with one attached hydrogen (secondary N) is 1. The molecule has 7 nitrogen and oxygen atoms in total. The second-order valence-electron chi connectivity index (χ2n) is 3.40. The average molecular weight is 263 g/mol. The molecule has 0 aliphatic heterocycles. The van der Waals surface area contributed by atoms with Crippen LogP contribution in [0.15, 0.2) is 11.2 Å². The van der Waals surface area contributed by atoms with Gasteiger partial charge >= 0.3 is 0 Å². The van der Waals surface area contributed by atoms with Gasteiger partial charge < -0.3 is 15.2 Å². The van der Waals surface area contributed by atoms with Gasteiger partial charge in [0.1, 0.15) is 5.82 Å². The lowest BCUT2D eigenvalue weighted by atomic mass is 10.5. The standard InChI is InChI=1S/C9H17N3O4S/c1-2-8-10-7-9(11-8)17(15,16)12(3-5-13)4-6-14/h7,13-14H,2-6H2,1H3,(H,10,11). The van der Waals surface area contributed by atoms with E-state index in [4.69, 9.17) is 10.2 Å². The second kappa shape index (κ2) is 6.10. The fraction of sp³-hybridized carbons (Fsp3) is 0.667. The zero-order valence-electron chi connectivity index (χ0n) is 9.63. The number of aliphatic hydroxyl groups excluding tert-OH is 2. The highest BCUT2D eigenvalue weighted by molar-refractivity contribution is 7.89. The van der Waals surface area contributed by atoms with Gasteiger partial charge in [0.05, 0.1) is 19.4 Å². The van der Waals surface area contributed by atoms with E-state index in [-0.39, 0.29) is 31.3 Å². The van der Waals surface area contributed by atoms with Crippen LogP contribution in [0, 0.1) is 0 Å². The van der Waals surface area contributed by atoms with Gasteiger partial charge in [-0.05, 0) is 0 Å². The molecule has 0 bridgehead atoms. The number of rotatable bonds is 7. The van der Waals surface area contributed by atoms with Crippen LogP contribution in [0.25, 0.3) is 0 Å². The zero-order valence-corrected chi connectivity index (χ0v) is 10.4. The molecule has 0 aliphatic carbocycles. The van der Waals surface area contributed by atoms with E-state index in [9.17, 15) is 8.42 Å². The fourth-order valence-electron chi connectivity index (χ4n) is 1.37. The Bertz CT molecular complexity index is 437. The number of H-pyrrole nitrogens is 1. The molecule has 0 saturated heterocycles. The average Bonchev–Trinajstić information content (AvgIpc) is 2.78. The molecule has 1 aromatic rings. The zero-order chi connectivity index (χ0) is 12.9. The molecule has 8 heteroatoms. The number of hydrogen-bond acceptors (Lipinski definition) is 5. The van der Waals surface area contributed by atoms with E-state index in [0.717, 1.165) is 4.31 Å². The number of aryl methyl sites for hydroxylation is 1. The van der Waals surface area contributed by atoms with E-state index in [0.29, 0.717) is 12.2 Å². The maximum absolute atomic E-state index is 12.1. The first-order valence-electron chi connectivity index (χ1n) is 5.32. The highest BCUT2D eigenvalue weighted by atomic mass is 32.2. The molecule has 0 fully saturated rings. The molecule has 0 spiro atoms. The van der Waals surface area contributed by atoms with Crippen LogP contribution in [-0.2, 0) is 16.4 Å². The molecule has 0 unspecified atom stereocenters. The van der Waals surface area contributed by atoms with Crippen molar-refractivity contribution >= 4 is 10.0 Å². The van der Waals surface area contributed by atoms with E-state index in [1.807, 2.05) is 6.92 Å². The van der Waals surface area contributed by atoms with E-state index in [1.54, 1.807) is 0 Å². The Labute approximate surface area is 100 Å². The highest BCUT2D eigenvalue weighted by Crippen LogP contribution is 2.13. The van der Waals surface area contributed by atoms with Crippen LogP contribution < -0.4 is 0 Å². The molecule has 0 atom stereocenters. The number of sulfonamides is 1. The van der Waals surface area contributed by atoms with Gasteiger partial charge in [0, 0.05) is 19.5 Å². The quantitative estimate of drug-likeness (QED) is 0.582. The van der Waals surface area contributed by atoms with Crippen LogP contribution in [0.1, 0.15) is 12.7 Å². The minimum atomic E-state index is -3.72. The fourth-order valence-corrected chi connectivity index (χ4v) is 2.72. The first-order chi connectivity index (χ1) is 8.06. The molecule has 0 amide bonds. The van der Waals surface area contributed by atoms with Crippen LogP contribution in [0.3, 0.4) is 0 Å². The lowest BCUT2D eigenvalue weighted by Gasteiger charge is -2.18. The summed E-state index contributed by atoms with van der Waals surface area (Å²) in [6.07, 6.45) is 1.85. The van der Waals surface area contributed by atoms with Gasteiger partial charge in [-0.25, -0.2) is 13.4 Å². The van der Waals surface area contributed by atoms with Crippen LogP contribution in [-0.4, -0.2) is 59.2 Å². The maximum atomic E-state index is 12.1. The third kappa shape index (κ3) is 3.25. The molecule has 98 valence electrons. The molecule has 3 N–H and O–H groups in total. The monoisotopic (exact) mass is 263 g/mol. The Balaban J connectivity index is 2.98. The summed E-state index contributed by atoms with van der Waals surface area (Å²) in [6.45, 7) is 1.16. The molecule has 1 rings (SSSR count). The van der Waals surface area contributed by atoms with Gasteiger partial charge in [0.2, 0.25) is 0 Å². The molecule has 0 saturated carbocycles. The lowest BCUT2D eigenvalue weighted by molar-refractivity contribution is 0.217. The summed E-state index contributed by atoms with van der Waals surface area (Å²) >= 11 is 0. The largest absolute Gasteiger partial charge is 0.395 e. The van der Waals surface area contributed by atoms with Crippen molar-refractivity contribution in [1.82, 2.24) is 14.3 Å². The van der Waals surface area contributed by atoms with E-state index in [2.05, 4.69) is 9.97 Å². The first kappa shape index (κ1) is 14.1. The Hall–Kier alpha value is -0.960. The SMILES string of the molecule is CCc1ncc(S(=O)(=O)N(CCO)CCO)[nH]1. The van der Waals surface area contributed by atoms with Gasteiger partial charge in [-0.2, -0.15) is 4.31 Å². The molecule has 0 aromatic carbocycles. The molecular formula is C9H17N3O4S. The summed E-state index contributed by atoms with van der Waals surface area (Å²) in [5.74, 6) is 0.580. The van der Waals surface area contributed by atoms with Gasteiger partial charge in [0.15, 0.2) is 5.03 Å². The van der Waals surface area contributed by atoms with Crippen molar-refractivity contribution in [2.75, 3.05) is 26.3 Å². The van der Waals surface area contributed by atoms with Crippen molar-refractivity contribution in [1.29, 1.82) is 0 Å². The minimum absolute atomic E-state index is 0.0174. The van der Waals surface area contributed by atoms with Crippen molar-refractivity contribution in [2.45, 2.75) is 18.4 Å². The van der Waals surface area contributed by atoms with Crippen molar-refractivity contribution in [2.24, 2.45) is 0 Å². The number of aromatic amines is 1. The Kier molecular flexibility index (Phi) is 5.06. The van der Waals surface area contributed by atoms with E-state index in [1.165, 1.54) is 6.20 Å². The number of nitrogens with zero attached hydrogens (tertiary/aromatic N) is 2. The Morgan fingerprint density at radius 3 is 2.35 bits per heavy atom. The molecule has 0 radical (unpaired) electrons. The van der Waals surface area contributed by atoms with Crippen LogP contribution in [0.2, 0.25) is 0 Å². The van der Waals surface area contributed by atoms with Crippen LogP contribution in [0.4, 0.5) is 0 Å². The number of aromatic nitrogens is 2. The van der Waals surface area contributed by atoms with Gasteiger partial charge in [-0.1, -0.05) is 6.92 Å². The molecular weight excluding hydrogens is 246 g/mol. The summed E-state index contributed by atoms with van der Waals surface area (Å²) < 4.78 is 25.2. The lowest BCUT2D eigenvalue weighted by Crippen LogP contribution is -2.36. The van der Waals surface area contributed by atoms with Crippen molar-refractivity contribution < 1.29 is 18.6 Å². The Morgan fingerprint density at radius 1 is 1.35 bits per heavy atom. The predicted molar refractivity (Wildman–Crippen MR) is 60.9 cm³/mol. The summed E-state index contributed by atoms with van der Waals surface area (Å²) in [5.41, 5.74) is 0. The number of hydrogen-bond donors (Lipinski definition) is 3. The predicted octanol–water partition coefficient (Wildman–Crippen LogP) is -1.05. The molecule has 0 aliphatic rings. The highest BCUT2D eigenvalue weighted by Gasteiger charge is 2.25. The molecule has 1 aromatic heterocycles. The molecule has 1 heterocycles. The normalized spacial score (nSPS) is 12.2. The van der Waals surface area contributed by atoms with Crippen molar-refractivity contribution in [3.63, 3.8) is 0 Å². The second-order valence-corrected chi connectivity index (χ2v) is 5.31. The first-order valence-corrected chi connectivity index (χ1v) is 6.76. The summed E-state index contributed by atoms with van der Waals surface area (Å²) in [5, 5.41) is 17.6. The Morgan fingerprint density at radius 2 is 1.94 bits per heavy atom. The summed E-state index contributed by atoms with van der Waals surface area (Å²) in [7, 11) is -3.72. The third-order valence-corrected chi connectivity index (χ3v) is 4.06. The van der Waals surface area contributed by atoms with E-state index >= 15 is 0 Å². The van der Waals surface area contributed by atoms with Crippen molar-refractivity contribution in [3.8, 4) is 0 Å². The van der Waals surface area contributed by atoms with Gasteiger partial charge in [0.25, 0.3) is 10.0 Å². The summed E-state index contributed by atoms with van der Waals surface area (Å²) in [4.78, 5) is 6.61. The smallest absolute Gasteiger partial charge is 0.260 e. The minimum Gasteiger partial charge on any atom is -0.395 e. The number of imidazole rings is 1. The summed E-state index contributed by atoms with van der Waals surface area (Å²) in [6, 6.07) is 0. The van der Waals surface area contributed by atoms with Crippen LogP contribution >= 0.6 is 0 Å². The molecule has 17 heavy (non-hydrogen) atoms. The topological polar surface area (TPSA) is 107 Å². The van der Waals surface area contributed by atoms with Gasteiger partial charge in [-0.15, -0.1) is 0 Å².